The fourth-order valence-electron chi connectivity index (χ4n) is 3.39. The van der Waals surface area contributed by atoms with Crippen molar-refractivity contribution in [1.82, 2.24) is 9.97 Å². The molecule has 2 aromatic carbocycles. The number of carbonyl (C=O) groups excluding carboxylic acids is 1. The molecule has 1 aliphatic rings. The van der Waals surface area contributed by atoms with Gasteiger partial charge >= 0.3 is 0 Å². The van der Waals surface area contributed by atoms with Crippen LogP contribution in [0.2, 0.25) is 5.02 Å². The fourth-order valence-corrected chi connectivity index (χ4v) is 3.55. The third-order valence-electron chi connectivity index (χ3n) is 4.78. The maximum absolute atomic E-state index is 12.5. The molecule has 5 nitrogen and oxygen atoms in total. The minimum Gasteiger partial charge on any atom is -0.356 e. The van der Waals surface area contributed by atoms with E-state index in [9.17, 15) is 4.79 Å². The minimum atomic E-state index is 0.0222. The standard InChI is InChI=1S/C20H19ClN4O/c21-15-6-7-17-18(12-15)22-13-23-19(17)25-10-8-14(9-11-25)20(26)24-16-4-2-1-3-5-16/h1-7,12-14H,8-11H2,(H,24,26). The first-order valence-electron chi connectivity index (χ1n) is 8.72. The second kappa shape index (κ2) is 7.30. The molecule has 132 valence electrons. The van der Waals surface area contributed by atoms with Crippen LogP contribution in [0.3, 0.4) is 0 Å². The number of amides is 1. The van der Waals surface area contributed by atoms with E-state index in [1.54, 1.807) is 6.33 Å². The summed E-state index contributed by atoms with van der Waals surface area (Å²) in [6, 6.07) is 15.3. The maximum atomic E-state index is 12.5. The number of nitrogens with zero attached hydrogens (tertiary/aromatic N) is 3. The number of para-hydroxylation sites is 1. The Kier molecular flexibility index (Phi) is 4.71. The van der Waals surface area contributed by atoms with Crippen LogP contribution in [-0.2, 0) is 4.79 Å². The van der Waals surface area contributed by atoms with Crippen LogP contribution in [0.4, 0.5) is 11.5 Å². The zero-order valence-corrected chi connectivity index (χ0v) is 15.0. The summed E-state index contributed by atoms with van der Waals surface area (Å²) in [4.78, 5) is 23.5. The fraction of sp³-hybridized carbons (Fsp3) is 0.250. The van der Waals surface area contributed by atoms with Gasteiger partial charge < -0.3 is 10.2 Å². The Bertz CT molecular complexity index is 924. The van der Waals surface area contributed by atoms with E-state index in [4.69, 9.17) is 11.6 Å². The van der Waals surface area contributed by atoms with Gasteiger partial charge in [0.05, 0.1) is 5.52 Å². The lowest BCUT2D eigenvalue weighted by atomic mass is 9.95. The van der Waals surface area contributed by atoms with E-state index in [1.807, 2.05) is 48.5 Å². The van der Waals surface area contributed by atoms with E-state index in [0.29, 0.717) is 5.02 Å². The molecular weight excluding hydrogens is 348 g/mol. The highest BCUT2D eigenvalue weighted by atomic mass is 35.5. The Morgan fingerprint density at radius 3 is 2.62 bits per heavy atom. The molecule has 26 heavy (non-hydrogen) atoms. The second-order valence-corrected chi connectivity index (χ2v) is 6.91. The molecule has 0 atom stereocenters. The normalized spacial score (nSPS) is 15.2. The Balaban J connectivity index is 1.45. The Morgan fingerprint density at radius 2 is 1.85 bits per heavy atom. The van der Waals surface area contributed by atoms with Crippen LogP contribution in [0.5, 0.6) is 0 Å². The van der Waals surface area contributed by atoms with Crippen LogP contribution in [0, 0.1) is 5.92 Å². The molecule has 4 rings (SSSR count). The topological polar surface area (TPSA) is 58.1 Å². The number of halogens is 1. The van der Waals surface area contributed by atoms with Crippen molar-refractivity contribution in [2.75, 3.05) is 23.3 Å². The number of hydrogen-bond donors (Lipinski definition) is 1. The van der Waals surface area contributed by atoms with Crippen LogP contribution in [-0.4, -0.2) is 29.0 Å². The Labute approximate surface area is 157 Å². The molecule has 0 spiro atoms. The summed E-state index contributed by atoms with van der Waals surface area (Å²) in [5.41, 5.74) is 1.69. The number of hydrogen-bond acceptors (Lipinski definition) is 4. The lowest BCUT2D eigenvalue weighted by Crippen LogP contribution is -2.38. The van der Waals surface area contributed by atoms with E-state index in [0.717, 1.165) is 48.3 Å². The monoisotopic (exact) mass is 366 g/mol. The Morgan fingerprint density at radius 1 is 1.08 bits per heavy atom. The van der Waals surface area contributed by atoms with Gasteiger partial charge in [0.2, 0.25) is 5.91 Å². The first-order valence-corrected chi connectivity index (χ1v) is 9.09. The molecule has 1 N–H and O–H groups in total. The molecule has 1 aromatic heterocycles. The van der Waals surface area contributed by atoms with Crippen molar-refractivity contribution >= 4 is 39.9 Å². The van der Waals surface area contributed by atoms with E-state index < -0.39 is 0 Å². The van der Waals surface area contributed by atoms with Gasteiger partial charge in [-0.15, -0.1) is 0 Å². The number of carbonyl (C=O) groups is 1. The van der Waals surface area contributed by atoms with Crippen LogP contribution >= 0.6 is 11.6 Å². The summed E-state index contributed by atoms with van der Waals surface area (Å²) in [5, 5.41) is 4.66. The number of piperidine rings is 1. The SMILES string of the molecule is O=C(Nc1ccccc1)C1CCN(c2ncnc3cc(Cl)ccc23)CC1. The van der Waals surface area contributed by atoms with Crippen molar-refractivity contribution in [3.8, 4) is 0 Å². The summed E-state index contributed by atoms with van der Waals surface area (Å²) < 4.78 is 0. The molecule has 1 fully saturated rings. The van der Waals surface area contributed by atoms with Crippen molar-refractivity contribution in [1.29, 1.82) is 0 Å². The smallest absolute Gasteiger partial charge is 0.227 e. The highest BCUT2D eigenvalue weighted by Gasteiger charge is 2.26. The maximum Gasteiger partial charge on any atom is 0.227 e. The summed E-state index contributed by atoms with van der Waals surface area (Å²) in [6.45, 7) is 1.59. The molecule has 1 amide bonds. The van der Waals surface area contributed by atoms with Gasteiger partial charge in [0.15, 0.2) is 0 Å². The molecule has 1 saturated heterocycles. The molecule has 0 aliphatic carbocycles. The highest BCUT2D eigenvalue weighted by molar-refractivity contribution is 6.31. The number of benzene rings is 2. The average molecular weight is 367 g/mol. The van der Waals surface area contributed by atoms with Gasteiger partial charge in [0, 0.05) is 35.1 Å². The lowest BCUT2D eigenvalue weighted by molar-refractivity contribution is -0.120. The predicted octanol–water partition coefficient (Wildman–Crippen LogP) is 4.14. The molecule has 3 aromatic rings. The van der Waals surface area contributed by atoms with Gasteiger partial charge in [0.25, 0.3) is 0 Å². The largest absolute Gasteiger partial charge is 0.356 e. The van der Waals surface area contributed by atoms with Crippen molar-refractivity contribution in [3.05, 3.63) is 59.9 Å². The van der Waals surface area contributed by atoms with E-state index in [1.165, 1.54) is 0 Å². The van der Waals surface area contributed by atoms with E-state index in [2.05, 4.69) is 20.2 Å². The van der Waals surface area contributed by atoms with E-state index >= 15 is 0 Å². The summed E-state index contributed by atoms with van der Waals surface area (Å²) in [6.07, 6.45) is 3.18. The zero-order valence-electron chi connectivity index (χ0n) is 14.2. The van der Waals surface area contributed by atoms with Crippen molar-refractivity contribution in [2.45, 2.75) is 12.8 Å². The third kappa shape index (κ3) is 3.48. The van der Waals surface area contributed by atoms with Gasteiger partial charge in [-0.1, -0.05) is 29.8 Å². The quantitative estimate of drug-likeness (QED) is 0.756. The third-order valence-corrected chi connectivity index (χ3v) is 5.02. The first kappa shape index (κ1) is 16.8. The molecule has 6 heteroatoms. The lowest BCUT2D eigenvalue weighted by Gasteiger charge is -2.32. The summed E-state index contributed by atoms with van der Waals surface area (Å²) in [5.74, 6) is 1.03. The molecule has 0 radical (unpaired) electrons. The second-order valence-electron chi connectivity index (χ2n) is 6.48. The van der Waals surface area contributed by atoms with Gasteiger partial charge in [0.1, 0.15) is 12.1 Å². The molecule has 0 bridgehead atoms. The van der Waals surface area contributed by atoms with Gasteiger partial charge in [-0.05, 0) is 43.2 Å². The van der Waals surface area contributed by atoms with Gasteiger partial charge in [-0.25, -0.2) is 9.97 Å². The molecule has 0 unspecified atom stereocenters. The predicted molar refractivity (Wildman–Crippen MR) is 105 cm³/mol. The molecule has 0 saturated carbocycles. The van der Waals surface area contributed by atoms with Crippen LogP contribution in [0.15, 0.2) is 54.9 Å². The van der Waals surface area contributed by atoms with Crippen molar-refractivity contribution in [3.63, 3.8) is 0 Å². The highest BCUT2D eigenvalue weighted by Crippen LogP contribution is 2.29. The molecule has 1 aliphatic heterocycles. The van der Waals surface area contributed by atoms with Crippen molar-refractivity contribution < 1.29 is 4.79 Å². The summed E-state index contributed by atoms with van der Waals surface area (Å²) >= 11 is 6.06. The number of aromatic nitrogens is 2. The minimum absolute atomic E-state index is 0.0222. The number of nitrogens with one attached hydrogen (secondary N) is 1. The zero-order chi connectivity index (χ0) is 17.9. The van der Waals surface area contributed by atoms with Gasteiger partial charge in [-0.2, -0.15) is 0 Å². The number of rotatable bonds is 3. The molecular formula is C20H19ClN4O. The van der Waals surface area contributed by atoms with Crippen LogP contribution in [0.25, 0.3) is 10.9 Å². The number of anilines is 2. The molecule has 2 heterocycles. The summed E-state index contributed by atoms with van der Waals surface area (Å²) in [7, 11) is 0. The van der Waals surface area contributed by atoms with E-state index in [-0.39, 0.29) is 11.8 Å². The van der Waals surface area contributed by atoms with Crippen LogP contribution in [0.1, 0.15) is 12.8 Å². The van der Waals surface area contributed by atoms with Crippen molar-refractivity contribution in [2.24, 2.45) is 5.92 Å². The van der Waals surface area contributed by atoms with Gasteiger partial charge in [-0.3, -0.25) is 4.79 Å². The first-order chi connectivity index (χ1) is 12.7. The number of fused-ring (bicyclic) bond motifs is 1. The average Bonchev–Trinajstić information content (AvgIpc) is 2.68. The van der Waals surface area contributed by atoms with Crippen LogP contribution < -0.4 is 10.2 Å². The Hall–Kier alpha value is -2.66.